The third-order valence-corrected chi connectivity index (χ3v) is 1.61. The Balaban J connectivity index is 3.43. The van der Waals surface area contributed by atoms with Crippen molar-refractivity contribution in [1.82, 2.24) is 0 Å². The van der Waals surface area contributed by atoms with Crippen LogP contribution in [0, 0.1) is 0 Å². The highest BCUT2D eigenvalue weighted by atomic mass is 16.3. The van der Waals surface area contributed by atoms with Crippen LogP contribution in [0.1, 0.15) is 17.3 Å². The molecule has 4 heteroatoms. The molecule has 1 rings (SSSR count). The molecule has 0 heterocycles. The summed E-state index contributed by atoms with van der Waals surface area (Å²) in [7, 11) is 0. The zero-order chi connectivity index (χ0) is 9.30. The molecule has 0 saturated heterocycles. The Bertz CT molecular complexity index is 334. The third kappa shape index (κ3) is 1.18. The first kappa shape index (κ1) is 8.39. The highest BCUT2D eigenvalue weighted by Crippen LogP contribution is 2.28. The SMILES string of the molecule is CC(=O)c1c(N)ccc(O)c1N. The molecule has 0 bridgehead atoms. The highest BCUT2D eigenvalue weighted by molar-refractivity contribution is 6.05. The molecule has 0 aromatic heterocycles. The Morgan fingerprint density at radius 2 is 2.00 bits per heavy atom. The molecule has 12 heavy (non-hydrogen) atoms. The van der Waals surface area contributed by atoms with Gasteiger partial charge in [-0.05, 0) is 19.1 Å². The lowest BCUT2D eigenvalue weighted by Crippen LogP contribution is -2.04. The van der Waals surface area contributed by atoms with Crippen molar-refractivity contribution >= 4 is 17.2 Å². The lowest BCUT2D eigenvalue weighted by molar-refractivity contribution is 0.101. The maximum absolute atomic E-state index is 11.0. The van der Waals surface area contributed by atoms with Crippen molar-refractivity contribution in [2.45, 2.75) is 6.92 Å². The van der Waals surface area contributed by atoms with Crippen LogP contribution in [0.4, 0.5) is 11.4 Å². The van der Waals surface area contributed by atoms with Gasteiger partial charge in [-0.2, -0.15) is 0 Å². The molecular weight excluding hydrogens is 156 g/mol. The van der Waals surface area contributed by atoms with Crippen molar-refractivity contribution in [2.75, 3.05) is 11.5 Å². The summed E-state index contributed by atoms with van der Waals surface area (Å²) in [5.41, 5.74) is 11.4. The number of benzene rings is 1. The second kappa shape index (κ2) is 2.73. The van der Waals surface area contributed by atoms with Crippen LogP contribution in [-0.2, 0) is 0 Å². The number of nitrogen functional groups attached to an aromatic ring is 2. The second-order valence-electron chi connectivity index (χ2n) is 2.52. The monoisotopic (exact) mass is 166 g/mol. The number of aromatic hydroxyl groups is 1. The number of ketones is 1. The molecule has 0 atom stereocenters. The maximum atomic E-state index is 11.0. The Morgan fingerprint density at radius 3 is 2.42 bits per heavy atom. The van der Waals surface area contributed by atoms with E-state index in [9.17, 15) is 4.79 Å². The van der Waals surface area contributed by atoms with E-state index >= 15 is 0 Å². The number of hydrogen-bond donors (Lipinski definition) is 3. The van der Waals surface area contributed by atoms with E-state index in [1.807, 2.05) is 0 Å². The van der Waals surface area contributed by atoms with Crippen LogP contribution in [0.15, 0.2) is 12.1 Å². The van der Waals surface area contributed by atoms with E-state index in [2.05, 4.69) is 0 Å². The number of nitrogens with two attached hydrogens (primary N) is 2. The molecular formula is C8H10N2O2. The minimum absolute atomic E-state index is 0.0440. The first-order chi connectivity index (χ1) is 5.54. The first-order valence-electron chi connectivity index (χ1n) is 3.42. The average molecular weight is 166 g/mol. The number of anilines is 2. The van der Waals surface area contributed by atoms with E-state index in [1.165, 1.54) is 19.1 Å². The minimum atomic E-state index is -0.249. The number of phenols is 1. The summed E-state index contributed by atoms with van der Waals surface area (Å²) < 4.78 is 0. The molecule has 0 spiro atoms. The van der Waals surface area contributed by atoms with Gasteiger partial charge in [0.15, 0.2) is 5.78 Å². The van der Waals surface area contributed by atoms with Crippen LogP contribution in [-0.4, -0.2) is 10.9 Å². The van der Waals surface area contributed by atoms with Gasteiger partial charge >= 0.3 is 0 Å². The number of carbonyl (C=O) groups excluding carboxylic acids is 1. The van der Waals surface area contributed by atoms with Gasteiger partial charge in [0.1, 0.15) is 5.75 Å². The average Bonchev–Trinajstić information content (AvgIpc) is 1.97. The summed E-state index contributed by atoms with van der Waals surface area (Å²) in [6.07, 6.45) is 0. The molecule has 0 aliphatic carbocycles. The normalized spacial score (nSPS) is 9.75. The molecule has 1 aromatic rings. The summed E-state index contributed by atoms with van der Waals surface area (Å²) in [5, 5.41) is 9.14. The molecule has 0 radical (unpaired) electrons. The fourth-order valence-corrected chi connectivity index (χ4v) is 1.02. The molecule has 0 aliphatic heterocycles. The summed E-state index contributed by atoms with van der Waals surface area (Å²) >= 11 is 0. The van der Waals surface area contributed by atoms with Crippen LogP contribution in [0.2, 0.25) is 0 Å². The van der Waals surface area contributed by atoms with Crippen molar-refractivity contribution in [3.05, 3.63) is 17.7 Å². The predicted molar refractivity (Wildman–Crippen MR) is 46.9 cm³/mol. The minimum Gasteiger partial charge on any atom is -0.506 e. The summed E-state index contributed by atoms with van der Waals surface area (Å²) in [6, 6.07) is 2.81. The van der Waals surface area contributed by atoms with Crippen LogP contribution in [0.25, 0.3) is 0 Å². The summed E-state index contributed by atoms with van der Waals surface area (Å²) in [4.78, 5) is 11.0. The molecule has 64 valence electrons. The van der Waals surface area contributed by atoms with Crippen LogP contribution in [0.3, 0.4) is 0 Å². The third-order valence-electron chi connectivity index (χ3n) is 1.61. The molecule has 0 saturated carbocycles. The van der Waals surface area contributed by atoms with E-state index in [0.29, 0.717) is 0 Å². The van der Waals surface area contributed by atoms with Crippen molar-refractivity contribution in [3.63, 3.8) is 0 Å². The van der Waals surface area contributed by atoms with Crippen LogP contribution in [0.5, 0.6) is 5.75 Å². The molecule has 0 amide bonds. The van der Waals surface area contributed by atoms with E-state index in [-0.39, 0.29) is 28.5 Å². The predicted octanol–water partition coefficient (Wildman–Crippen LogP) is 0.759. The summed E-state index contributed by atoms with van der Waals surface area (Å²) in [5.74, 6) is -0.365. The van der Waals surface area contributed by atoms with Crippen molar-refractivity contribution < 1.29 is 9.90 Å². The topological polar surface area (TPSA) is 89.3 Å². The van der Waals surface area contributed by atoms with Crippen molar-refractivity contribution in [2.24, 2.45) is 0 Å². The van der Waals surface area contributed by atoms with Crippen molar-refractivity contribution in [1.29, 1.82) is 0 Å². The van der Waals surface area contributed by atoms with Gasteiger partial charge in [-0.3, -0.25) is 4.79 Å². The zero-order valence-electron chi connectivity index (χ0n) is 6.66. The first-order valence-corrected chi connectivity index (χ1v) is 3.42. The van der Waals surface area contributed by atoms with E-state index in [4.69, 9.17) is 16.6 Å². The van der Waals surface area contributed by atoms with Gasteiger partial charge in [0.2, 0.25) is 0 Å². The van der Waals surface area contributed by atoms with Crippen molar-refractivity contribution in [3.8, 4) is 5.75 Å². The van der Waals surface area contributed by atoms with E-state index < -0.39 is 0 Å². The molecule has 0 unspecified atom stereocenters. The lowest BCUT2D eigenvalue weighted by Gasteiger charge is -2.06. The Kier molecular flexibility index (Phi) is 1.91. The second-order valence-corrected chi connectivity index (χ2v) is 2.52. The summed E-state index contributed by atoms with van der Waals surface area (Å²) in [6.45, 7) is 1.35. The lowest BCUT2D eigenvalue weighted by atomic mass is 10.1. The van der Waals surface area contributed by atoms with Gasteiger partial charge in [0.05, 0.1) is 11.3 Å². The highest BCUT2D eigenvalue weighted by Gasteiger charge is 2.11. The number of Topliss-reactive ketones (excluding diaryl/α,β-unsaturated/α-hetero) is 1. The number of rotatable bonds is 1. The fraction of sp³-hybridized carbons (Fsp3) is 0.125. The van der Waals surface area contributed by atoms with Gasteiger partial charge in [0.25, 0.3) is 0 Å². The van der Waals surface area contributed by atoms with Gasteiger partial charge in [-0.15, -0.1) is 0 Å². The van der Waals surface area contributed by atoms with Gasteiger partial charge < -0.3 is 16.6 Å². The maximum Gasteiger partial charge on any atom is 0.164 e. The number of phenolic OH excluding ortho intramolecular Hbond substituents is 1. The largest absolute Gasteiger partial charge is 0.506 e. The van der Waals surface area contributed by atoms with Gasteiger partial charge in [0, 0.05) is 5.69 Å². The molecule has 0 fully saturated rings. The molecule has 5 N–H and O–H groups in total. The van der Waals surface area contributed by atoms with Crippen LogP contribution < -0.4 is 11.5 Å². The standard InChI is InChI=1S/C8H10N2O2/c1-4(11)7-5(9)2-3-6(12)8(7)10/h2-3,12H,9-10H2,1H3. The van der Waals surface area contributed by atoms with Gasteiger partial charge in [-0.1, -0.05) is 0 Å². The van der Waals surface area contributed by atoms with Crippen LogP contribution >= 0.6 is 0 Å². The quantitative estimate of drug-likeness (QED) is 0.248. The Morgan fingerprint density at radius 1 is 1.42 bits per heavy atom. The number of hydrogen-bond acceptors (Lipinski definition) is 4. The Hall–Kier alpha value is -1.71. The van der Waals surface area contributed by atoms with Gasteiger partial charge in [-0.25, -0.2) is 0 Å². The van der Waals surface area contributed by atoms with E-state index in [0.717, 1.165) is 0 Å². The number of carbonyl (C=O) groups is 1. The molecule has 0 aliphatic rings. The molecule has 4 nitrogen and oxygen atoms in total. The smallest absolute Gasteiger partial charge is 0.164 e. The fourth-order valence-electron chi connectivity index (χ4n) is 1.02. The zero-order valence-corrected chi connectivity index (χ0v) is 6.66. The Labute approximate surface area is 69.8 Å². The molecule has 1 aromatic carbocycles. The van der Waals surface area contributed by atoms with E-state index in [1.54, 1.807) is 0 Å².